The van der Waals surface area contributed by atoms with Crippen molar-refractivity contribution in [2.45, 2.75) is 0 Å². The summed E-state index contributed by atoms with van der Waals surface area (Å²) in [6.07, 6.45) is 0. The van der Waals surface area contributed by atoms with Gasteiger partial charge in [0, 0.05) is 18.7 Å². The highest BCUT2D eigenvalue weighted by Gasteiger charge is 2.25. The zero-order valence-corrected chi connectivity index (χ0v) is 14.3. The average molecular weight is 377 g/mol. The van der Waals surface area contributed by atoms with Crippen LogP contribution in [0, 0.1) is 11.6 Å². The van der Waals surface area contributed by atoms with Gasteiger partial charge in [0.25, 0.3) is 5.91 Å². The van der Waals surface area contributed by atoms with Crippen LogP contribution in [0.5, 0.6) is 5.75 Å². The van der Waals surface area contributed by atoms with E-state index in [9.17, 15) is 23.5 Å². The number of thioether (sulfide) groups is 1. The number of amides is 2. The summed E-state index contributed by atoms with van der Waals surface area (Å²) in [4.78, 5) is 25.0. The second-order valence-corrected chi connectivity index (χ2v) is 6.38. The maximum Gasteiger partial charge on any atom is 0.275 e. The van der Waals surface area contributed by atoms with Crippen molar-refractivity contribution in [3.63, 3.8) is 0 Å². The van der Waals surface area contributed by atoms with Crippen LogP contribution >= 0.6 is 11.8 Å². The molecule has 0 radical (unpaired) electrons. The van der Waals surface area contributed by atoms with Crippen LogP contribution in [0.3, 0.4) is 0 Å². The van der Waals surface area contributed by atoms with E-state index in [2.05, 4.69) is 10.5 Å². The lowest BCUT2D eigenvalue weighted by molar-refractivity contribution is -0.123. The first kappa shape index (κ1) is 17.9. The van der Waals surface area contributed by atoms with Gasteiger partial charge >= 0.3 is 0 Å². The summed E-state index contributed by atoms with van der Waals surface area (Å²) < 4.78 is 27.0. The summed E-state index contributed by atoms with van der Waals surface area (Å²) in [5, 5.41) is 14.1. The molecule has 26 heavy (non-hydrogen) atoms. The number of benzene rings is 2. The molecule has 9 heteroatoms. The van der Waals surface area contributed by atoms with Gasteiger partial charge in [0.2, 0.25) is 5.91 Å². The zero-order chi connectivity index (χ0) is 18.8. The van der Waals surface area contributed by atoms with Crippen molar-refractivity contribution in [3.8, 4) is 16.9 Å². The van der Waals surface area contributed by atoms with Crippen LogP contribution in [0.15, 0.2) is 41.5 Å². The molecule has 0 aliphatic carbocycles. The number of phenols is 1. The van der Waals surface area contributed by atoms with Gasteiger partial charge in [-0.3, -0.25) is 14.5 Å². The third-order valence-corrected chi connectivity index (χ3v) is 4.74. The Labute approximate surface area is 151 Å². The Bertz CT molecular complexity index is 933. The van der Waals surface area contributed by atoms with Gasteiger partial charge in [0.05, 0.1) is 11.3 Å². The maximum absolute atomic E-state index is 13.9. The SMILES string of the molecule is CN1C(=O)CS/C1=N/NC(=O)c1cc(-c2ccc(F)cc2F)ccc1O. The van der Waals surface area contributed by atoms with Crippen molar-refractivity contribution in [2.24, 2.45) is 5.10 Å². The molecule has 1 heterocycles. The van der Waals surface area contributed by atoms with Crippen molar-refractivity contribution in [2.75, 3.05) is 12.8 Å². The molecule has 2 aromatic carbocycles. The largest absolute Gasteiger partial charge is 0.507 e. The van der Waals surface area contributed by atoms with Crippen molar-refractivity contribution in [3.05, 3.63) is 53.6 Å². The summed E-state index contributed by atoms with van der Waals surface area (Å²) in [7, 11) is 1.53. The van der Waals surface area contributed by atoms with Crippen LogP contribution in [-0.2, 0) is 4.79 Å². The summed E-state index contributed by atoms with van der Waals surface area (Å²) in [6.45, 7) is 0. The third-order valence-electron chi connectivity index (χ3n) is 3.72. The van der Waals surface area contributed by atoms with Crippen molar-refractivity contribution >= 4 is 28.7 Å². The minimum absolute atomic E-state index is 0.0865. The molecule has 0 aromatic heterocycles. The molecule has 1 saturated heterocycles. The number of phenolic OH excluding ortho intramolecular Hbond substituents is 1. The molecule has 1 aliphatic rings. The molecule has 134 valence electrons. The van der Waals surface area contributed by atoms with E-state index in [-0.39, 0.29) is 28.5 Å². The molecule has 0 bridgehead atoms. The molecular formula is C17H13F2N3O3S. The van der Waals surface area contributed by atoms with Crippen LogP contribution in [0.4, 0.5) is 8.78 Å². The topological polar surface area (TPSA) is 82.0 Å². The van der Waals surface area contributed by atoms with Crippen LogP contribution in [0.25, 0.3) is 11.1 Å². The lowest BCUT2D eigenvalue weighted by atomic mass is 10.0. The van der Waals surface area contributed by atoms with E-state index in [4.69, 9.17) is 0 Å². The Balaban J connectivity index is 1.87. The summed E-state index contributed by atoms with van der Waals surface area (Å²) in [5.74, 6) is -2.46. The smallest absolute Gasteiger partial charge is 0.275 e. The predicted octanol–water partition coefficient (Wildman–Crippen LogP) is 2.54. The Morgan fingerprint density at radius 2 is 2.04 bits per heavy atom. The lowest BCUT2D eigenvalue weighted by Gasteiger charge is -2.10. The number of hydrazone groups is 1. The molecule has 2 amide bonds. The van der Waals surface area contributed by atoms with Gasteiger partial charge in [-0.05, 0) is 29.8 Å². The van der Waals surface area contributed by atoms with E-state index in [0.717, 1.165) is 12.1 Å². The first-order chi connectivity index (χ1) is 12.4. The molecule has 0 atom stereocenters. The van der Waals surface area contributed by atoms with Gasteiger partial charge in [-0.1, -0.05) is 17.8 Å². The quantitative estimate of drug-likeness (QED) is 0.806. The fourth-order valence-electron chi connectivity index (χ4n) is 2.30. The molecule has 0 spiro atoms. The van der Waals surface area contributed by atoms with Gasteiger partial charge in [0.15, 0.2) is 5.17 Å². The number of halogens is 2. The number of nitrogens with zero attached hydrogens (tertiary/aromatic N) is 2. The van der Waals surface area contributed by atoms with E-state index >= 15 is 0 Å². The van der Waals surface area contributed by atoms with Crippen molar-refractivity contribution < 1.29 is 23.5 Å². The number of carbonyl (C=O) groups is 2. The summed E-state index contributed by atoms with van der Waals surface area (Å²) in [5.41, 5.74) is 2.50. The minimum Gasteiger partial charge on any atom is -0.507 e. The van der Waals surface area contributed by atoms with Crippen LogP contribution < -0.4 is 5.43 Å². The highest BCUT2D eigenvalue weighted by Crippen LogP contribution is 2.28. The molecule has 6 nitrogen and oxygen atoms in total. The van der Waals surface area contributed by atoms with Gasteiger partial charge in [-0.25, -0.2) is 14.2 Å². The Kier molecular flexibility index (Phi) is 4.90. The number of hydrogen-bond donors (Lipinski definition) is 2. The second-order valence-electron chi connectivity index (χ2n) is 5.43. The van der Waals surface area contributed by atoms with Gasteiger partial charge in [-0.2, -0.15) is 0 Å². The number of hydrogen-bond acceptors (Lipinski definition) is 5. The molecule has 1 fully saturated rings. The van der Waals surface area contributed by atoms with E-state index in [0.29, 0.717) is 10.7 Å². The minimum atomic E-state index is -0.787. The standard InChI is InChI=1S/C17H13F2N3O3S/c1-22-15(24)8-26-17(22)21-20-16(25)12-6-9(2-5-14(12)23)11-4-3-10(18)7-13(11)19/h2-7,23H,8H2,1H3,(H,20,25)/b21-17+. The monoisotopic (exact) mass is 377 g/mol. The molecule has 0 unspecified atom stereocenters. The Morgan fingerprint density at radius 1 is 1.27 bits per heavy atom. The van der Waals surface area contributed by atoms with Gasteiger partial charge < -0.3 is 5.11 Å². The van der Waals surface area contributed by atoms with E-state index in [1.54, 1.807) is 0 Å². The molecule has 2 N–H and O–H groups in total. The molecule has 0 saturated carbocycles. The first-order valence-corrected chi connectivity index (χ1v) is 8.41. The lowest BCUT2D eigenvalue weighted by Crippen LogP contribution is -2.27. The average Bonchev–Trinajstić information content (AvgIpc) is 2.92. The van der Waals surface area contributed by atoms with E-state index in [1.165, 1.54) is 48.0 Å². The highest BCUT2D eigenvalue weighted by molar-refractivity contribution is 8.15. The van der Waals surface area contributed by atoms with Crippen LogP contribution in [0.2, 0.25) is 0 Å². The molecule has 2 aromatic rings. The normalized spacial score (nSPS) is 15.6. The van der Waals surface area contributed by atoms with E-state index in [1.807, 2.05) is 0 Å². The fourth-order valence-corrected chi connectivity index (χ4v) is 3.15. The van der Waals surface area contributed by atoms with Crippen molar-refractivity contribution in [1.29, 1.82) is 0 Å². The van der Waals surface area contributed by atoms with Crippen LogP contribution in [-0.4, -0.2) is 39.8 Å². The number of carbonyl (C=O) groups excluding carboxylic acids is 2. The predicted molar refractivity (Wildman–Crippen MR) is 93.6 cm³/mol. The molecular weight excluding hydrogens is 364 g/mol. The number of nitrogens with one attached hydrogen (secondary N) is 1. The van der Waals surface area contributed by atoms with Gasteiger partial charge in [-0.15, -0.1) is 5.10 Å². The number of aromatic hydroxyl groups is 1. The summed E-state index contributed by atoms with van der Waals surface area (Å²) in [6, 6.07) is 7.00. The zero-order valence-electron chi connectivity index (χ0n) is 13.5. The van der Waals surface area contributed by atoms with Crippen LogP contribution in [0.1, 0.15) is 10.4 Å². The Morgan fingerprint density at radius 3 is 2.69 bits per heavy atom. The van der Waals surface area contributed by atoms with Gasteiger partial charge in [0.1, 0.15) is 17.4 Å². The maximum atomic E-state index is 13.9. The molecule has 1 aliphatic heterocycles. The first-order valence-electron chi connectivity index (χ1n) is 7.42. The van der Waals surface area contributed by atoms with E-state index < -0.39 is 17.5 Å². The van der Waals surface area contributed by atoms with Crippen molar-refractivity contribution in [1.82, 2.24) is 10.3 Å². The summed E-state index contributed by atoms with van der Waals surface area (Å²) >= 11 is 1.17. The second kappa shape index (κ2) is 7.12. The molecule has 3 rings (SSSR count). The highest BCUT2D eigenvalue weighted by atomic mass is 32.2. The fraction of sp³-hybridized carbons (Fsp3) is 0.118. The Hall–Kier alpha value is -2.94. The number of rotatable bonds is 3. The third kappa shape index (κ3) is 3.52. The number of amidine groups is 1.